The third-order valence-electron chi connectivity index (χ3n) is 4.09. The Labute approximate surface area is 125 Å². The van der Waals surface area contributed by atoms with E-state index in [1.54, 1.807) is 11.3 Å². The van der Waals surface area contributed by atoms with Crippen molar-refractivity contribution in [2.75, 3.05) is 27.2 Å². The van der Waals surface area contributed by atoms with Crippen molar-refractivity contribution in [3.63, 3.8) is 0 Å². The highest BCUT2D eigenvalue weighted by Crippen LogP contribution is 2.34. The summed E-state index contributed by atoms with van der Waals surface area (Å²) in [6.07, 6.45) is 2.44. The zero-order valence-electron chi connectivity index (χ0n) is 12.0. The fraction of sp³-hybridized carbons (Fsp3) is 0.714. The summed E-state index contributed by atoms with van der Waals surface area (Å²) in [6.45, 7) is 4.43. The number of nitrogens with zero attached hydrogens (tertiary/aromatic N) is 2. The SMILES string of the molecule is CC(N)C(c1ccc(Cl)s1)N(C)C1CCN(C)CC1. The Morgan fingerprint density at radius 1 is 1.42 bits per heavy atom. The van der Waals surface area contributed by atoms with Gasteiger partial charge in [-0.1, -0.05) is 11.6 Å². The molecule has 0 saturated carbocycles. The average molecular weight is 302 g/mol. The summed E-state index contributed by atoms with van der Waals surface area (Å²) in [5.74, 6) is 0. The number of likely N-dealkylation sites (N-methyl/N-ethyl adjacent to an activating group) is 1. The molecule has 0 spiro atoms. The molecule has 0 amide bonds. The van der Waals surface area contributed by atoms with E-state index in [9.17, 15) is 0 Å². The summed E-state index contributed by atoms with van der Waals surface area (Å²) in [4.78, 5) is 6.13. The molecule has 1 saturated heterocycles. The van der Waals surface area contributed by atoms with Crippen LogP contribution in [0.15, 0.2) is 12.1 Å². The lowest BCUT2D eigenvalue weighted by atomic mass is 9.99. The van der Waals surface area contributed by atoms with Crippen LogP contribution in [0.2, 0.25) is 4.34 Å². The summed E-state index contributed by atoms with van der Waals surface area (Å²) >= 11 is 7.72. The molecule has 19 heavy (non-hydrogen) atoms. The van der Waals surface area contributed by atoms with Crippen LogP contribution in [0.5, 0.6) is 0 Å². The molecule has 0 bridgehead atoms. The Kier molecular flexibility index (Phi) is 5.26. The van der Waals surface area contributed by atoms with E-state index in [-0.39, 0.29) is 12.1 Å². The van der Waals surface area contributed by atoms with Gasteiger partial charge in [-0.05, 0) is 59.1 Å². The molecule has 2 atom stereocenters. The van der Waals surface area contributed by atoms with Crippen LogP contribution in [0.25, 0.3) is 0 Å². The molecular weight excluding hydrogens is 278 g/mol. The van der Waals surface area contributed by atoms with Crippen molar-refractivity contribution in [1.29, 1.82) is 0 Å². The molecular formula is C14H24ClN3S. The van der Waals surface area contributed by atoms with Crippen molar-refractivity contribution < 1.29 is 0 Å². The Hall–Kier alpha value is -0.130. The van der Waals surface area contributed by atoms with E-state index in [0.29, 0.717) is 6.04 Å². The first kappa shape index (κ1) is 15.3. The topological polar surface area (TPSA) is 32.5 Å². The number of piperidine rings is 1. The maximum atomic E-state index is 6.22. The van der Waals surface area contributed by atoms with Crippen LogP contribution in [-0.2, 0) is 0 Å². The van der Waals surface area contributed by atoms with Gasteiger partial charge in [-0.15, -0.1) is 11.3 Å². The highest BCUT2D eigenvalue weighted by molar-refractivity contribution is 7.16. The molecule has 5 heteroatoms. The zero-order valence-corrected chi connectivity index (χ0v) is 13.5. The van der Waals surface area contributed by atoms with Gasteiger partial charge in [0.25, 0.3) is 0 Å². The summed E-state index contributed by atoms with van der Waals surface area (Å²) in [7, 11) is 4.40. The number of hydrogen-bond donors (Lipinski definition) is 1. The van der Waals surface area contributed by atoms with Gasteiger partial charge in [0.1, 0.15) is 0 Å². The summed E-state index contributed by atoms with van der Waals surface area (Å²) in [6, 6.07) is 5.09. The third kappa shape index (κ3) is 3.70. The number of thiophene rings is 1. The predicted molar refractivity (Wildman–Crippen MR) is 84.0 cm³/mol. The standard InChI is InChI=1S/C14H24ClN3S/c1-10(16)14(12-4-5-13(15)19-12)18(3)11-6-8-17(2)9-7-11/h4-5,10-11,14H,6-9,16H2,1-3H3. The number of hydrogen-bond acceptors (Lipinski definition) is 4. The fourth-order valence-electron chi connectivity index (χ4n) is 2.95. The minimum Gasteiger partial charge on any atom is -0.326 e. The quantitative estimate of drug-likeness (QED) is 0.928. The first-order chi connectivity index (χ1) is 8.99. The Balaban J connectivity index is 2.10. The molecule has 0 aromatic carbocycles. The van der Waals surface area contributed by atoms with Crippen LogP contribution in [0.3, 0.4) is 0 Å². The molecule has 1 aliphatic heterocycles. The van der Waals surface area contributed by atoms with Crippen molar-refractivity contribution in [1.82, 2.24) is 9.80 Å². The van der Waals surface area contributed by atoms with Crippen molar-refractivity contribution in [2.45, 2.75) is 37.9 Å². The molecule has 2 unspecified atom stereocenters. The van der Waals surface area contributed by atoms with Gasteiger partial charge in [0, 0.05) is 17.0 Å². The van der Waals surface area contributed by atoms with Gasteiger partial charge in [-0.3, -0.25) is 4.90 Å². The molecule has 0 radical (unpaired) electrons. The third-order valence-corrected chi connectivity index (χ3v) is 5.39. The number of halogens is 1. The maximum Gasteiger partial charge on any atom is 0.0931 e. The van der Waals surface area contributed by atoms with Gasteiger partial charge in [0.05, 0.1) is 10.4 Å². The minimum atomic E-state index is 0.111. The normalized spacial score (nSPS) is 21.8. The number of likely N-dealkylation sites (tertiary alicyclic amines) is 1. The van der Waals surface area contributed by atoms with Gasteiger partial charge in [-0.25, -0.2) is 0 Å². The van der Waals surface area contributed by atoms with Gasteiger partial charge in [-0.2, -0.15) is 0 Å². The second-order valence-corrected chi connectivity index (χ2v) is 7.39. The summed E-state index contributed by atoms with van der Waals surface area (Å²) < 4.78 is 0.845. The van der Waals surface area contributed by atoms with E-state index in [0.717, 1.165) is 4.34 Å². The van der Waals surface area contributed by atoms with Gasteiger partial charge in [0.2, 0.25) is 0 Å². The van der Waals surface area contributed by atoms with Crippen molar-refractivity contribution >= 4 is 22.9 Å². The predicted octanol–water partition coefficient (Wildman–Crippen LogP) is 2.82. The highest BCUT2D eigenvalue weighted by Gasteiger charge is 2.29. The summed E-state index contributed by atoms with van der Waals surface area (Å²) in [5.41, 5.74) is 6.22. The molecule has 3 nitrogen and oxygen atoms in total. The molecule has 2 N–H and O–H groups in total. The van der Waals surface area contributed by atoms with Crippen molar-refractivity contribution in [2.24, 2.45) is 5.73 Å². The zero-order chi connectivity index (χ0) is 14.0. The van der Waals surface area contributed by atoms with Crippen LogP contribution in [0.1, 0.15) is 30.7 Å². The van der Waals surface area contributed by atoms with Crippen LogP contribution in [0, 0.1) is 0 Å². The van der Waals surface area contributed by atoms with Gasteiger partial charge < -0.3 is 10.6 Å². The van der Waals surface area contributed by atoms with Crippen LogP contribution in [-0.4, -0.2) is 49.1 Å². The number of nitrogens with two attached hydrogens (primary N) is 1. The maximum absolute atomic E-state index is 6.22. The molecule has 2 rings (SSSR count). The highest BCUT2D eigenvalue weighted by atomic mass is 35.5. The van der Waals surface area contributed by atoms with E-state index in [4.69, 9.17) is 17.3 Å². The van der Waals surface area contributed by atoms with E-state index in [1.807, 2.05) is 6.07 Å². The van der Waals surface area contributed by atoms with E-state index < -0.39 is 0 Å². The minimum absolute atomic E-state index is 0.111. The number of rotatable bonds is 4. The Morgan fingerprint density at radius 3 is 2.53 bits per heavy atom. The largest absolute Gasteiger partial charge is 0.326 e. The summed E-state index contributed by atoms with van der Waals surface area (Å²) in [5, 5.41) is 0. The molecule has 0 aliphatic carbocycles. The average Bonchev–Trinajstić information content (AvgIpc) is 2.76. The first-order valence-electron chi connectivity index (χ1n) is 6.90. The molecule has 1 aromatic heterocycles. The van der Waals surface area contributed by atoms with Crippen molar-refractivity contribution in [3.05, 3.63) is 21.3 Å². The Bertz CT molecular complexity index is 399. The second kappa shape index (κ2) is 6.55. The lowest BCUT2D eigenvalue weighted by Crippen LogP contribution is -2.47. The lowest BCUT2D eigenvalue weighted by Gasteiger charge is -2.40. The van der Waals surface area contributed by atoms with E-state index >= 15 is 0 Å². The van der Waals surface area contributed by atoms with E-state index in [1.165, 1.54) is 30.8 Å². The Morgan fingerprint density at radius 2 is 2.05 bits per heavy atom. The molecule has 1 aliphatic rings. The first-order valence-corrected chi connectivity index (χ1v) is 8.09. The lowest BCUT2D eigenvalue weighted by molar-refractivity contribution is 0.0985. The molecule has 2 heterocycles. The van der Waals surface area contributed by atoms with Crippen LogP contribution >= 0.6 is 22.9 Å². The fourth-order valence-corrected chi connectivity index (χ4v) is 4.28. The van der Waals surface area contributed by atoms with Crippen LogP contribution < -0.4 is 5.73 Å². The molecule has 1 fully saturated rings. The smallest absolute Gasteiger partial charge is 0.0931 e. The second-order valence-electron chi connectivity index (χ2n) is 5.65. The van der Waals surface area contributed by atoms with Crippen LogP contribution in [0.4, 0.5) is 0 Å². The monoisotopic (exact) mass is 301 g/mol. The van der Waals surface area contributed by atoms with Gasteiger partial charge in [0.15, 0.2) is 0 Å². The van der Waals surface area contributed by atoms with Crippen molar-refractivity contribution in [3.8, 4) is 0 Å². The van der Waals surface area contributed by atoms with E-state index in [2.05, 4.69) is 36.9 Å². The molecule has 108 valence electrons. The van der Waals surface area contributed by atoms with Gasteiger partial charge >= 0.3 is 0 Å². The molecule has 1 aromatic rings.